The lowest BCUT2D eigenvalue weighted by atomic mass is 10.2. The molecule has 0 radical (unpaired) electrons. The van der Waals surface area contributed by atoms with Crippen molar-refractivity contribution in [3.05, 3.63) is 28.5 Å². The van der Waals surface area contributed by atoms with Gasteiger partial charge < -0.3 is 4.74 Å². The first-order chi connectivity index (χ1) is 6.56. The number of hydrogen-bond acceptors (Lipinski definition) is 3. The Bertz CT molecular complexity index is 357. The monoisotopic (exact) mass is 341 g/mol. The van der Waals surface area contributed by atoms with Gasteiger partial charge in [0.2, 0.25) is 0 Å². The van der Waals surface area contributed by atoms with Gasteiger partial charge in [0.25, 0.3) is 0 Å². The second-order valence-electron chi connectivity index (χ2n) is 2.37. The lowest BCUT2D eigenvalue weighted by Gasteiger charge is -2.05. The zero-order chi connectivity index (χ0) is 10.7. The lowest BCUT2D eigenvalue weighted by Crippen LogP contribution is -2.04. The fourth-order valence-corrected chi connectivity index (χ4v) is 1.58. The molecular weight excluding hydrogens is 337 g/mol. The number of methoxy groups -OCH3 is 1. The minimum absolute atomic E-state index is 0.0841. The summed E-state index contributed by atoms with van der Waals surface area (Å²) in [7, 11) is 1.30. The molecular formula is C8H6Br2ClNO2. The van der Waals surface area contributed by atoms with E-state index in [1.807, 2.05) is 0 Å². The summed E-state index contributed by atoms with van der Waals surface area (Å²) in [5.74, 6) is -0.491. The molecule has 14 heavy (non-hydrogen) atoms. The van der Waals surface area contributed by atoms with Gasteiger partial charge in [-0.3, -0.25) is 0 Å². The average Bonchev–Trinajstić information content (AvgIpc) is 2.16. The quantitative estimate of drug-likeness (QED) is 0.470. The topological polar surface area (TPSA) is 39.2 Å². The second-order valence-corrected chi connectivity index (χ2v) is 5.78. The summed E-state index contributed by atoms with van der Waals surface area (Å²) in [5.41, 5.74) is 0.959. The number of aromatic nitrogens is 1. The highest BCUT2D eigenvalue weighted by Gasteiger charge is 2.14. The van der Waals surface area contributed by atoms with Gasteiger partial charge in [0, 0.05) is 0 Å². The molecule has 76 valence electrons. The van der Waals surface area contributed by atoms with E-state index in [2.05, 4.69) is 41.6 Å². The van der Waals surface area contributed by atoms with Crippen LogP contribution in [0.4, 0.5) is 0 Å². The smallest absolute Gasteiger partial charge is 0.341 e. The normalized spacial score (nSPS) is 10.4. The number of ether oxygens (including phenoxy) is 1. The van der Waals surface area contributed by atoms with Crippen LogP contribution in [-0.2, 0) is 4.74 Å². The van der Waals surface area contributed by atoms with Gasteiger partial charge in [-0.2, -0.15) is 0 Å². The van der Waals surface area contributed by atoms with Crippen LogP contribution in [0, 0.1) is 0 Å². The molecule has 0 fully saturated rings. The summed E-state index contributed by atoms with van der Waals surface area (Å²) >= 11 is 12.3. The van der Waals surface area contributed by atoms with Crippen molar-refractivity contribution < 1.29 is 9.53 Å². The summed E-state index contributed by atoms with van der Waals surface area (Å²) in [6.45, 7) is 0. The molecule has 0 aliphatic carbocycles. The number of esters is 1. The summed E-state index contributed by atoms with van der Waals surface area (Å²) in [4.78, 5) is 15.2. The van der Waals surface area contributed by atoms with Gasteiger partial charge >= 0.3 is 5.97 Å². The number of rotatable bonds is 2. The fraction of sp³-hybridized carbons (Fsp3) is 0.250. The number of halogens is 3. The van der Waals surface area contributed by atoms with Gasteiger partial charge in [0.1, 0.15) is 8.89 Å². The van der Waals surface area contributed by atoms with E-state index >= 15 is 0 Å². The van der Waals surface area contributed by atoms with E-state index in [-0.39, 0.29) is 14.5 Å². The SMILES string of the molecule is COC(=O)c1ccc(C(Br)Br)nc1Cl. The molecule has 0 unspecified atom stereocenters. The van der Waals surface area contributed by atoms with Crippen molar-refractivity contribution in [2.75, 3.05) is 7.11 Å². The Morgan fingerprint density at radius 2 is 2.21 bits per heavy atom. The molecule has 0 saturated heterocycles. The van der Waals surface area contributed by atoms with E-state index in [0.29, 0.717) is 5.69 Å². The van der Waals surface area contributed by atoms with E-state index in [4.69, 9.17) is 11.6 Å². The van der Waals surface area contributed by atoms with Crippen molar-refractivity contribution in [2.45, 2.75) is 3.74 Å². The highest BCUT2D eigenvalue weighted by Crippen LogP contribution is 2.29. The number of alkyl halides is 2. The van der Waals surface area contributed by atoms with Crippen molar-refractivity contribution >= 4 is 49.4 Å². The van der Waals surface area contributed by atoms with Crippen molar-refractivity contribution in [2.24, 2.45) is 0 Å². The van der Waals surface area contributed by atoms with Crippen molar-refractivity contribution in [1.29, 1.82) is 0 Å². The van der Waals surface area contributed by atoms with E-state index in [9.17, 15) is 4.79 Å². The highest BCUT2D eigenvalue weighted by molar-refractivity contribution is 9.24. The number of hydrogen-bond donors (Lipinski definition) is 0. The Hall–Kier alpha value is -0.130. The molecule has 1 rings (SSSR count). The molecule has 0 spiro atoms. The van der Waals surface area contributed by atoms with Crippen molar-refractivity contribution in [1.82, 2.24) is 4.98 Å². The third kappa shape index (κ3) is 2.68. The molecule has 0 aliphatic heterocycles. The number of nitrogens with zero attached hydrogens (tertiary/aromatic N) is 1. The highest BCUT2D eigenvalue weighted by atomic mass is 79.9. The summed E-state index contributed by atoms with van der Waals surface area (Å²) in [6, 6.07) is 3.26. The van der Waals surface area contributed by atoms with Crippen molar-refractivity contribution in [3.63, 3.8) is 0 Å². The van der Waals surface area contributed by atoms with Crippen LogP contribution in [0.15, 0.2) is 12.1 Å². The van der Waals surface area contributed by atoms with Gasteiger partial charge in [0.05, 0.1) is 18.4 Å². The van der Waals surface area contributed by atoms with Crippen molar-refractivity contribution in [3.8, 4) is 0 Å². The van der Waals surface area contributed by atoms with E-state index in [1.54, 1.807) is 12.1 Å². The van der Waals surface area contributed by atoms with Crippen LogP contribution >= 0.6 is 43.5 Å². The molecule has 0 atom stereocenters. The van der Waals surface area contributed by atoms with Gasteiger partial charge in [-0.05, 0) is 12.1 Å². The largest absolute Gasteiger partial charge is 0.465 e. The number of pyridine rings is 1. The van der Waals surface area contributed by atoms with Crippen LogP contribution < -0.4 is 0 Å². The van der Waals surface area contributed by atoms with Crippen LogP contribution in [0.5, 0.6) is 0 Å². The van der Waals surface area contributed by atoms with Gasteiger partial charge in [-0.25, -0.2) is 9.78 Å². The Balaban J connectivity index is 3.07. The standard InChI is InChI=1S/C8H6Br2ClNO2/c1-14-8(13)4-2-3-5(6(9)10)12-7(4)11/h2-3,6H,1H3. The summed E-state index contributed by atoms with van der Waals surface area (Å²) in [6.07, 6.45) is 0. The van der Waals surface area contributed by atoms with Gasteiger partial charge in [-0.15, -0.1) is 0 Å². The minimum Gasteiger partial charge on any atom is -0.465 e. The molecule has 1 aromatic heterocycles. The summed E-state index contributed by atoms with van der Waals surface area (Å²) in [5, 5.41) is 0.137. The van der Waals surface area contributed by atoms with Crippen LogP contribution in [-0.4, -0.2) is 18.1 Å². The van der Waals surface area contributed by atoms with Crippen LogP contribution in [0.1, 0.15) is 19.8 Å². The van der Waals surface area contributed by atoms with Gasteiger partial charge in [0.15, 0.2) is 0 Å². The third-order valence-corrected chi connectivity index (χ3v) is 2.73. The fourth-order valence-electron chi connectivity index (χ4n) is 0.832. The lowest BCUT2D eigenvalue weighted by molar-refractivity contribution is 0.0600. The maximum absolute atomic E-state index is 11.1. The van der Waals surface area contributed by atoms with E-state index in [0.717, 1.165) is 0 Å². The number of carbonyl (C=O) groups is 1. The molecule has 0 N–H and O–H groups in total. The zero-order valence-corrected chi connectivity index (χ0v) is 11.1. The van der Waals surface area contributed by atoms with Crippen LogP contribution in [0.2, 0.25) is 5.15 Å². The Kier molecular flexibility index (Phi) is 4.34. The second kappa shape index (κ2) is 5.09. The maximum atomic E-state index is 11.1. The molecule has 6 heteroatoms. The Labute approximate surface area is 103 Å². The van der Waals surface area contributed by atoms with Crippen LogP contribution in [0.3, 0.4) is 0 Å². The maximum Gasteiger partial charge on any atom is 0.341 e. The first-order valence-corrected chi connectivity index (χ1v) is 5.80. The average molecular weight is 343 g/mol. The molecule has 1 aromatic rings. The molecule has 0 aromatic carbocycles. The third-order valence-electron chi connectivity index (χ3n) is 1.50. The molecule has 0 aliphatic rings. The predicted molar refractivity (Wildman–Crippen MR) is 61.2 cm³/mol. The molecule has 3 nitrogen and oxygen atoms in total. The summed E-state index contributed by atoms with van der Waals surface area (Å²) < 4.78 is 4.45. The Morgan fingerprint density at radius 1 is 1.57 bits per heavy atom. The van der Waals surface area contributed by atoms with E-state index in [1.165, 1.54) is 7.11 Å². The predicted octanol–water partition coefficient (Wildman–Crippen LogP) is 3.31. The molecule has 0 bridgehead atoms. The Morgan fingerprint density at radius 3 is 2.64 bits per heavy atom. The first kappa shape index (κ1) is 11.9. The van der Waals surface area contributed by atoms with Crippen LogP contribution in [0.25, 0.3) is 0 Å². The molecule has 0 saturated carbocycles. The molecule has 1 heterocycles. The van der Waals surface area contributed by atoms with Gasteiger partial charge in [-0.1, -0.05) is 43.5 Å². The zero-order valence-electron chi connectivity index (χ0n) is 7.13. The molecule has 0 amide bonds. The first-order valence-electron chi connectivity index (χ1n) is 3.59. The number of carbonyl (C=O) groups excluding carboxylic acids is 1. The van der Waals surface area contributed by atoms with E-state index < -0.39 is 5.97 Å². The minimum atomic E-state index is -0.491.